The molecule has 12 heavy (non-hydrogen) atoms. The van der Waals surface area contributed by atoms with Crippen LogP contribution in [0.15, 0.2) is 0 Å². The quantitative estimate of drug-likeness (QED) is 0.701. The van der Waals surface area contributed by atoms with Crippen molar-refractivity contribution in [1.82, 2.24) is 0 Å². The Hall–Kier alpha value is -0.0800. The third-order valence-electron chi connectivity index (χ3n) is 3.11. The van der Waals surface area contributed by atoms with E-state index in [1.54, 1.807) is 0 Å². The molecular formula is C10H21NO. The van der Waals surface area contributed by atoms with E-state index in [1.165, 1.54) is 25.7 Å². The number of nitrogens with two attached hydrogens (primary N) is 1. The van der Waals surface area contributed by atoms with E-state index in [4.69, 9.17) is 10.5 Å². The third-order valence-corrected chi connectivity index (χ3v) is 3.11. The Morgan fingerprint density at radius 1 is 1.42 bits per heavy atom. The van der Waals surface area contributed by atoms with Crippen LogP contribution in [0.3, 0.4) is 0 Å². The minimum atomic E-state index is 0.282. The Bertz CT molecular complexity index is 130. The summed E-state index contributed by atoms with van der Waals surface area (Å²) in [6.07, 6.45) is 5.55. The summed E-state index contributed by atoms with van der Waals surface area (Å²) in [7, 11) is 0. The van der Waals surface area contributed by atoms with Gasteiger partial charge in [-0.2, -0.15) is 0 Å². The van der Waals surface area contributed by atoms with Gasteiger partial charge in [-0.3, -0.25) is 0 Å². The van der Waals surface area contributed by atoms with E-state index in [0.29, 0.717) is 12.0 Å². The van der Waals surface area contributed by atoms with Crippen LogP contribution in [0.1, 0.15) is 39.5 Å². The van der Waals surface area contributed by atoms with E-state index < -0.39 is 0 Å². The molecule has 0 amide bonds. The first-order valence-electron chi connectivity index (χ1n) is 5.04. The van der Waals surface area contributed by atoms with Crippen LogP contribution in [-0.2, 0) is 4.74 Å². The van der Waals surface area contributed by atoms with Gasteiger partial charge in [-0.15, -0.1) is 0 Å². The van der Waals surface area contributed by atoms with Crippen molar-refractivity contribution in [3.63, 3.8) is 0 Å². The first-order chi connectivity index (χ1) is 5.73. The molecule has 2 nitrogen and oxygen atoms in total. The molecule has 0 aliphatic heterocycles. The highest BCUT2D eigenvalue weighted by Crippen LogP contribution is 2.41. The monoisotopic (exact) mass is 171 g/mol. The Labute approximate surface area is 75.5 Å². The van der Waals surface area contributed by atoms with Gasteiger partial charge in [-0.05, 0) is 25.2 Å². The van der Waals surface area contributed by atoms with Gasteiger partial charge < -0.3 is 10.5 Å². The fourth-order valence-electron chi connectivity index (χ4n) is 2.26. The van der Waals surface area contributed by atoms with Crippen molar-refractivity contribution >= 4 is 0 Å². The van der Waals surface area contributed by atoms with Gasteiger partial charge in [-0.25, -0.2) is 0 Å². The standard InChI is InChI=1S/C10H21NO/c1-3-12-9(8-11)10(2)6-4-5-7-10/h9H,3-8,11H2,1-2H3. The zero-order chi connectivity index (χ0) is 9.03. The molecule has 1 fully saturated rings. The van der Waals surface area contributed by atoms with Crippen LogP contribution in [0.5, 0.6) is 0 Å². The van der Waals surface area contributed by atoms with Crippen LogP contribution in [0.25, 0.3) is 0 Å². The Kier molecular flexibility index (Phi) is 3.53. The summed E-state index contributed by atoms with van der Waals surface area (Å²) < 4.78 is 5.65. The van der Waals surface area contributed by atoms with Crippen molar-refractivity contribution in [3.8, 4) is 0 Å². The van der Waals surface area contributed by atoms with Crippen molar-refractivity contribution in [2.45, 2.75) is 45.6 Å². The van der Waals surface area contributed by atoms with Crippen LogP contribution in [0.2, 0.25) is 0 Å². The van der Waals surface area contributed by atoms with Crippen LogP contribution in [0.4, 0.5) is 0 Å². The van der Waals surface area contributed by atoms with Crippen molar-refractivity contribution in [1.29, 1.82) is 0 Å². The second-order valence-corrected chi connectivity index (χ2v) is 4.04. The summed E-state index contributed by atoms with van der Waals surface area (Å²) in [4.78, 5) is 0. The minimum absolute atomic E-state index is 0.282. The van der Waals surface area contributed by atoms with Crippen LogP contribution in [-0.4, -0.2) is 19.3 Å². The van der Waals surface area contributed by atoms with Crippen LogP contribution >= 0.6 is 0 Å². The maximum Gasteiger partial charge on any atom is 0.0750 e. The molecular weight excluding hydrogens is 150 g/mol. The van der Waals surface area contributed by atoms with Gasteiger partial charge >= 0.3 is 0 Å². The lowest BCUT2D eigenvalue weighted by Gasteiger charge is -2.32. The SMILES string of the molecule is CCOC(CN)C1(C)CCCC1. The largest absolute Gasteiger partial charge is 0.377 e. The van der Waals surface area contributed by atoms with Crippen LogP contribution in [0, 0.1) is 5.41 Å². The summed E-state index contributed by atoms with van der Waals surface area (Å²) >= 11 is 0. The van der Waals surface area contributed by atoms with Gasteiger partial charge in [0.1, 0.15) is 0 Å². The van der Waals surface area contributed by atoms with Gasteiger partial charge in [0.15, 0.2) is 0 Å². The molecule has 1 saturated carbocycles. The number of hydrogen-bond acceptors (Lipinski definition) is 2. The number of ether oxygens (including phenoxy) is 1. The first-order valence-corrected chi connectivity index (χ1v) is 5.04. The van der Waals surface area contributed by atoms with E-state index in [9.17, 15) is 0 Å². The summed E-state index contributed by atoms with van der Waals surface area (Å²) in [5, 5.41) is 0. The first kappa shape index (κ1) is 10.0. The van der Waals surface area contributed by atoms with Crippen molar-refractivity contribution in [2.75, 3.05) is 13.2 Å². The molecule has 0 saturated heterocycles. The lowest BCUT2D eigenvalue weighted by atomic mass is 9.82. The second-order valence-electron chi connectivity index (χ2n) is 4.04. The highest BCUT2D eigenvalue weighted by atomic mass is 16.5. The van der Waals surface area contributed by atoms with Crippen LogP contribution < -0.4 is 5.73 Å². The van der Waals surface area contributed by atoms with E-state index in [0.717, 1.165) is 6.61 Å². The Morgan fingerprint density at radius 2 is 2.00 bits per heavy atom. The molecule has 0 heterocycles. The average molecular weight is 171 g/mol. The van der Waals surface area contributed by atoms with Gasteiger partial charge in [0.25, 0.3) is 0 Å². The van der Waals surface area contributed by atoms with Crippen molar-refractivity contribution < 1.29 is 4.74 Å². The third kappa shape index (κ3) is 1.99. The van der Waals surface area contributed by atoms with E-state index in [2.05, 4.69) is 6.92 Å². The van der Waals surface area contributed by atoms with Gasteiger partial charge in [0.05, 0.1) is 6.10 Å². The zero-order valence-corrected chi connectivity index (χ0v) is 8.31. The molecule has 1 unspecified atom stereocenters. The molecule has 1 aliphatic rings. The molecule has 2 heteroatoms. The molecule has 1 aliphatic carbocycles. The number of hydrogen-bond donors (Lipinski definition) is 1. The van der Waals surface area contributed by atoms with Gasteiger partial charge in [0.2, 0.25) is 0 Å². The van der Waals surface area contributed by atoms with Crippen molar-refractivity contribution in [2.24, 2.45) is 11.1 Å². The lowest BCUT2D eigenvalue weighted by Crippen LogP contribution is -2.38. The highest BCUT2D eigenvalue weighted by molar-refractivity contribution is 4.88. The summed E-state index contributed by atoms with van der Waals surface area (Å²) in [6, 6.07) is 0. The van der Waals surface area contributed by atoms with E-state index >= 15 is 0 Å². The average Bonchev–Trinajstić information content (AvgIpc) is 2.49. The summed E-state index contributed by atoms with van der Waals surface area (Å²) in [6.45, 7) is 5.82. The topological polar surface area (TPSA) is 35.2 Å². The molecule has 72 valence electrons. The Balaban J connectivity index is 2.50. The molecule has 0 bridgehead atoms. The maximum absolute atomic E-state index is 5.70. The maximum atomic E-state index is 5.70. The Morgan fingerprint density at radius 3 is 2.42 bits per heavy atom. The molecule has 2 N–H and O–H groups in total. The van der Waals surface area contributed by atoms with Crippen molar-refractivity contribution in [3.05, 3.63) is 0 Å². The fraction of sp³-hybridized carbons (Fsp3) is 1.00. The predicted octanol–water partition coefficient (Wildman–Crippen LogP) is 1.93. The molecule has 0 aromatic carbocycles. The van der Waals surface area contributed by atoms with E-state index in [1.807, 2.05) is 6.92 Å². The molecule has 1 rings (SSSR count). The van der Waals surface area contributed by atoms with Gasteiger partial charge in [0, 0.05) is 13.2 Å². The fourth-order valence-corrected chi connectivity index (χ4v) is 2.26. The normalized spacial score (nSPS) is 24.2. The molecule has 0 spiro atoms. The predicted molar refractivity (Wildman–Crippen MR) is 51.0 cm³/mol. The number of rotatable bonds is 4. The lowest BCUT2D eigenvalue weighted by molar-refractivity contribution is -0.0187. The summed E-state index contributed by atoms with van der Waals surface area (Å²) in [5.41, 5.74) is 6.06. The molecule has 1 atom stereocenters. The zero-order valence-electron chi connectivity index (χ0n) is 8.31. The second kappa shape index (κ2) is 4.24. The molecule has 0 aromatic rings. The summed E-state index contributed by atoms with van der Waals surface area (Å²) in [5.74, 6) is 0. The smallest absolute Gasteiger partial charge is 0.0750 e. The van der Waals surface area contributed by atoms with E-state index in [-0.39, 0.29) is 6.10 Å². The highest BCUT2D eigenvalue weighted by Gasteiger charge is 2.36. The molecule has 0 aromatic heterocycles. The molecule has 0 radical (unpaired) electrons. The van der Waals surface area contributed by atoms with Gasteiger partial charge in [-0.1, -0.05) is 19.8 Å². The minimum Gasteiger partial charge on any atom is -0.377 e.